The highest BCUT2D eigenvalue weighted by Crippen LogP contribution is 2.31. The summed E-state index contributed by atoms with van der Waals surface area (Å²) in [6, 6.07) is 13.4. The fourth-order valence-electron chi connectivity index (χ4n) is 3.79. The van der Waals surface area contributed by atoms with Crippen molar-refractivity contribution in [1.29, 1.82) is 0 Å². The second kappa shape index (κ2) is 11.0. The summed E-state index contributed by atoms with van der Waals surface area (Å²) in [6.07, 6.45) is 4.23. The monoisotopic (exact) mass is 441 g/mol. The van der Waals surface area contributed by atoms with E-state index >= 15 is 0 Å². The van der Waals surface area contributed by atoms with E-state index in [0.717, 1.165) is 43.6 Å². The Labute approximate surface area is 189 Å². The number of hydrogen-bond donors (Lipinski definition) is 2. The van der Waals surface area contributed by atoms with E-state index in [1.54, 1.807) is 14.2 Å². The minimum Gasteiger partial charge on any atom is -0.493 e. The van der Waals surface area contributed by atoms with Crippen LogP contribution in [0.5, 0.6) is 11.5 Å². The first-order valence-electron chi connectivity index (χ1n) is 10.7. The topological polar surface area (TPSA) is 62.8 Å². The van der Waals surface area contributed by atoms with Crippen molar-refractivity contribution in [3.8, 4) is 11.5 Å². The number of methoxy groups -OCH3 is 2. The van der Waals surface area contributed by atoms with E-state index in [0.29, 0.717) is 22.2 Å². The standard InChI is InChI=1S/C24H31N3O3S/c1-4-20(18-10-13-21(29-2)22(16-18)30-3)26-24(31)25-19-11-8-17(9-12-19)23(28)27-14-6-5-7-15-27/h8-13,16,20H,4-7,14-15H2,1-3H3,(H2,25,26,31)/t20-/m1/s1. The molecule has 1 fully saturated rings. The quantitative estimate of drug-likeness (QED) is 0.604. The highest BCUT2D eigenvalue weighted by molar-refractivity contribution is 7.80. The first-order valence-corrected chi connectivity index (χ1v) is 11.1. The zero-order chi connectivity index (χ0) is 22.2. The first kappa shape index (κ1) is 22.9. The number of anilines is 1. The van der Waals surface area contributed by atoms with Crippen LogP contribution in [0.25, 0.3) is 0 Å². The largest absolute Gasteiger partial charge is 0.493 e. The zero-order valence-electron chi connectivity index (χ0n) is 18.4. The van der Waals surface area contributed by atoms with Crippen molar-refractivity contribution in [2.45, 2.75) is 38.6 Å². The Hall–Kier alpha value is -2.80. The summed E-state index contributed by atoms with van der Waals surface area (Å²) in [5, 5.41) is 7.10. The average molecular weight is 442 g/mol. The lowest BCUT2D eigenvalue weighted by Crippen LogP contribution is -2.35. The van der Waals surface area contributed by atoms with Crippen LogP contribution in [-0.2, 0) is 0 Å². The van der Waals surface area contributed by atoms with Crippen molar-refractivity contribution < 1.29 is 14.3 Å². The Balaban J connectivity index is 1.61. The molecule has 1 aliphatic rings. The predicted octanol–water partition coefficient (Wildman–Crippen LogP) is 4.77. The van der Waals surface area contributed by atoms with Crippen LogP contribution >= 0.6 is 12.2 Å². The maximum atomic E-state index is 12.6. The van der Waals surface area contributed by atoms with E-state index < -0.39 is 0 Å². The lowest BCUT2D eigenvalue weighted by molar-refractivity contribution is 0.0724. The molecule has 0 aliphatic carbocycles. The van der Waals surface area contributed by atoms with E-state index in [4.69, 9.17) is 21.7 Å². The van der Waals surface area contributed by atoms with E-state index in [9.17, 15) is 4.79 Å². The Kier molecular flexibility index (Phi) is 8.12. The number of hydrogen-bond acceptors (Lipinski definition) is 4. The lowest BCUT2D eigenvalue weighted by Gasteiger charge is -2.26. The summed E-state index contributed by atoms with van der Waals surface area (Å²) < 4.78 is 10.7. The zero-order valence-corrected chi connectivity index (χ0v) is 19.3. The van der Waals surface area contributed by atoms with Crippen molar-refractivity contribution in [3.63, 3.8) is 0 Å². The number of carbonyl (C=O) groups excluding carboxylic acids is 1. The minimum absolute atomic E-state index is 0.0276. The van der Waals surface area contributed by atoms with Gasteiger partial charge in [-0.3, -0.25) is 4.79 Å². The highest BCUT2D eigenvalue weighted by Gasteiger charge is 2.18. The summed E-state index contributed by atoms with van der Waals surface area (Å²) in [5.74, 6) is 1.49. The summed E-state index contributed by atoms with van der Waals surface area (Å²) in [5.41, 5.74) is 2.62. The van der Waals surface area contributed by atoms with Crippen molar-refractivity contribution in [3.05, 3.63) is 53.6 Å². The molecule has 31 heavy (non-hydrogen) atoms. The molecule has 0 saturated carbocycles. The Bertz CT molecular complexity index is 895. The summed E-state index contributed by atoms with van der Waals surface area (Å²) in [6.45, 7) is 3.79. The summed E-state index contributed by atoms with van der Waals surface area (Å²) in [4.78, 5) is 14.6. The third kappa shape index (κ3) is 5.88. The molecule has 1 aliphatic heterocycles. The molecule has 3 rings (SSSR count). The Morgan fingerprint density at radius 1 is 1.03 bits per heavy atom. The van der Waals surface area contributed by atoms with Crippen LogP contribution < -0.4 is 20.1 Å². The van der Waals surface area contributed by atoms with Gasteiger partial charge in [0, 0.05) is 24.3 Å². The summed E-state index contributed by atoms with van der Waals surface area (Å²) in [7, 11) is 3.25. The van der Waals surface area contributed by atoms with Crippen LogP contribution in [0.1, 0.15) is 54.6 Å². The van der Waals surface area contributed by atoms with Gasteiger partial charge >= 0.3 is 0 Å². The maximum Gasteiger partial charge on any atom is 0.253 e. The molecular formula is C24H31N3O3S. The van der Waals surface area contributed by atoms with Crippen LogP contribution in [0.4, 0.5) is 5.69 Å². The normalized spacial score (nSPS) is 14.5. The summed E-state index contributed by atoms with van der Waals surface area (Å²) >= 11 is 5.52. The van der Waals surface area contributed by atoms with E-state index in [1.165, 1.54) is 6.42 Å². The van der Waals surface area contributed by atoms with E-state index in [-0.39, 0.29) is 11.9 Å². The van der Waals surface area contributed by atoms with Crippen molar-refractivity contribution in [2.75, 3.05) is 32.6 Å². The van der Waals surface area contributed by atoms with Gasteiger partial charge in [-0.15, -0.1) is 0 Å². The van der Waals surface area contributed by atoms with Crippen LogP contribution in [0.15, 0.2) is 42.5 Å². The van der Waals surface area contributed by atoms with E-state index in [2.05, 4.69) is 17.6 Å². The molecular weight excluding hydrogens is 410 g/mol. The second-order valence-electron chi connectivity index (χ2n) is 7.60. The molecule has 0 spiro atoms. The average Bonchev–Trinajstić information content (AvgIpc) is 2.82. The van der Waals surface area contributed by atoms with Crippen LogP contribution in [0, 0.1) is 0 Å². The van der Waals surface area contributed by atoms with Gasteiger partial charge in [-0.25, -0.2) is 0 Å². The number of thiocarbonyl (C=S) groups is 1. The molecule has 1 heterocycles. The van der Waals surface area contributed by atoms with E-state index in [1.807, 2.05) is 47.4 Å². The Morgan fingerprint density at radius 2 is 1.71 bits per heavy atom. The number of ether oxygens (including phenoxy) is 2. The predicted molar refractivity (Wildman–Crippen MR) is 128 cm³/mol. The fraction of sp³-hybridized carbons (Fsp3) is 0.417. The molecule has 1 saturated heterocycles. The van der Waals surface area contributed by atoms with Gasteiger partial charge in [0.15, 0.2) is 16.6 Å². The van der Waals surface area contributed by atoms with Gasteiger partial charge in [-0.2, -0.15) is 0 Å². The van der Waals surface area contributed by atoms with Gasteiger partial charge < -0.3 is 25.0 Å². The molecule has 0 radical (unpaired) electrons. The number of likely N-dealkylation sites (tertiary alicyclic amines) is 1. The number of piperidine rings is 1. The van der Waals surface area contributed by atoms with Crippen molar-refractivity contribution >= 4 is 28.9 Å². The number of carbonyl (C=O) groups is 1. The Morgan fingerprint density at radius 3 is 2.32 bits per heavy atom. The third-order valence-electron chi connectivity index (χ3n) is 5.56. The maximum absolute atomic E-state index is 12.6. The van der Waals surface area contributed by atoms with Gasteiger partial charge in [0.1, 0.15) is 0 Å². The van der Waals surface area contributed by atoms with Crippen LogP contribution in [0.2, 0.25) is 0 Å². The molecule has 166 valence electrons. The first-order chi connectivity index (χ1) is 15.0. The molecule has 1 amide bonds. The van der Waals surface area contributed by atoms with Gasteiger partial charge in [-0.1, -0.05) is 13.0 Å². The molecule has 0 aromatic heterocycles. The second-order valence-corrected chi connectivity index (χ2v) is 8.01. The smallest absolute Gasteiger partial charge is 0.253 e. The number of benzene rings is 2. The van der Waals surface area contributed by atoms with Crippen LogP contribution in [-0.4, -0.2) is 43.2 Å². The number of rotatable bonds is 7. The molecule has 2 N–H and O–H groups in total. The van der Waals surface area contributed by atoms with Gasteiger partial charge in [0.2, 0.25) is 0 Å². The molecule has 7 heteroatoms. The lowest BCUT2D eigenvalue weighted by atomic mass is 10.0. The third-order valence-corrected chi connectivity index (χ3v) is 5.78. The highest BCUT2D eigenvalue weighted by atomic mass is 32.1. The number of nitrogens with one attached hydrogen (secondary N) is 2. The molecule has 2 aromatic rings. The van der Waals surface area contributed by atoms with Gasteiger partial charge in [0.05, 0.1) is 20.3 Å². The molecule has 0 unspecified atom stereocenters. The molecule has 6 nitrogen and oxygen atoms in total. The van der Waals surface area contributed by atoms with Crippen LogP contribution in [0.3, 0.4) is 0 Å². The van der Waals surface area contributed by atoms with Crippen molar-refractivity contribution in [2.24, 2.45) is 0 Å². The van der Waals surface area contributed by atoms with Gasteiger partial charge in [0.25, 0.3) is 5.91 Å². The minimum atomic E-state index is 0.0276. The molecule has 1 atom stereocenters. The number of amides is 1. The van der Waals surface area contributed by atoms with Crippen molar-refractivity contribution in [1.82, 2.24) is 10.2 Å². The number of nitrogens with zero attached hydrogens (tertiary/aromatic N) is 1. The fourth-order valence-corrected chi connectivity index (χ4v) is 4.05. The molecule has 0 bridgehead atoms. The molecule has 2 aromatic carbocycles. The SMILES string of the molecule is CC[C@@H](NC(=S)Nc1ccc(C(=O)N2CCCCC2)cc1)c1ccc(OC)c(OC)c1. The van der Waals surface area contributed by atoms with Gasteiger partial charge in [-0.05, 0) is 79.9 Å².